The normalized spacial score (nSPS) is 20.5. The van der Waals surface area contributed by atoms with E-state index >= 15 is 0 Å². The van der Waals surface area contributed by atoms with E-state index < -0.39 is 40.7 Å². The van der Waals surface area contributed by atoms with Gasteiger partial charge in [0.25, 0.3) is 23.6 Å². The van der Waals surface area contributed by atoms with Gasteiger partial charge >= 0.3 is 5.97 Å². The summed E-state index contributed by atoms with van der Waals surface area (Å²) < 4.78 is 0. The van der Waals surface area contributed by atoms with Crippen molar-refractivity contribution in [1.29, 1.82) is 0 Å². The Labute approximate surface area is 144 Å². The van der Waals surface area contributed by atoms with E-state index in [4.69, 9.17) is 10.6 Å². The van der Waals surface area contributed by atoms with Gasteiger partial charge < -0.3 is 10.6 Å². The molecular weight excluding hydrogens is 330 g/mol. The predicted molar refractivity (Wildman–Crippen MR) is 83.8 cm³/mol. The molecule has 1 atom stereocenters. The number of hydroxylamine groups is 2. The average Bonchev–Trinajstić information content (AvgIpc) is 3.03. The largest absolute Gasteiger partial charge is 0.338 e. The summed E-state index contributed by atoms with van der Waals surface area (Å²) in [5.74, 6) is -3.12. The molecule has 0 spiro atoms. The third kappa shape index (κ3) is 3.46. The molecule has 9 nitrogen and oxygen atoms in total. The van der Waals surface area contributed by atoms with E-state index in [1.165, 1.54) is 13.8 Å². The van der Waals surface area contributed by atoms with Crippen molar-refractivity contribution >= 4 is 29.6 Å². The number of carbonyl (C=O) groups is 5. The number of carbonyl (C=O) groups excluding carboxylic acids is 5. The van der Waals surface area contributed by atoms with Gasteiger partial charge in [0, 0.05) is 25.0 Å². The van der Waals surface area contributed by atoms with Crippen LogP contribution in [0.4, 0.5) is 0 Å². The van der Waals surface area contributed by atoms with Gasteiger partial charge in [0.2, 0.25) is 0 Å². The van der Waals surface area contributed by atoms with Gasteiger partial charge in [0.1, 0.15) is 5.66 Å². The Hall–Kier alpha value is -2.55. The minimum absolute atomic E-state index is 0.00915. The van der Waals surface area contributed by atoms with E-state index in [2.05, 4.69) is 0 Å². The monoisotopic (exact) mass is 351 g/mol. The van der Waals surface area contributed by atoms with Gasteiger partial charge in [0.15, 0.2) is 0 Å². The van der Waals surface area contributed by atoms with Crippen molar-refractivity contribution in [2.75, 3.05) is 0 Å². The first-order chi connectivity index (χ1) is 11.5. The van der Waals surface area contributed by atoms with Gasteiger partial charge in [-0.3, -0.25) is 24.1 Å². The summed E-state index contributed by atoms with van der Waals surface area (Å²) in [6, 6.07) is 0. The molecule has 0 aromatic rings. The molecule has 0 bridgehead atoms. The number of imide groups is 2. The number of amides is 4. The van der Waals surface area contributed by atoms with Crippen LogP contribution in [0.5, 0.6) is 0 Å². The molecule has 2 aliphatic rings. The zero-order valence-electron chi connectivity index (χ0n) is 14.4. The van der Waals surface area contributed by atoms with E-state index in [9.17, 15) is 24.0 Å². The van der Waals surface area contributed by atoms with Crippen LogP contribution in [0.25, 0.3) is 0 Å². The van der Waals surface area contributed by atoms with E-state index in [-0.39, 0.29) is 25.7 Å². The Morgan fingerprint density at radius 1 is 1.12 bits per heavy atom. The second-order valence-electron chi connectivity index (χ2n) is 6.82. The van der Waals surface area contributed by atoms with Gasteiger partial charge in [0.05, 0.1) is 5.41 Å². The molecular formula is C16H21N3O6. The van der Waals surface area contributed by atoms with Crippen molar-refractivity contribution in [3.63, 3.8) is 0 Å². The lowest BCUT2D eigenvalue weighted by Gasteiger charge is -2.40. The standard InChI is InChI=1S/C16H21N3O6/c1-4-16(17,18-10(20)5-6-11(18)21)9-15(2,3)14(24)25-19-12(22)7-8-13(19)23/h5-6H,4,7-9,17H2,1-3H3. The van der Waals surface area contributed by atoms with Crippen molar-refractivity contribution in [3.05, 3.63) is 12.2 Å². The molecule has 4 amide bonds. The summed E-state index contributed by atoms with van der Waals surface area (Å²) in [4.78, 5) is 65.3. The summed E-state index contributed by atoms with van der Waals surface area (Å²) >= 11 is 0. The van der Waals surface area contributed by atoms with Gasteiger partial charge in [-0.25, -0.2) is 4.79 Å². The van der Waals surface area contributed by atoms with Crippen LogP contribution < -0.4 is 5.73 Å². The number of hydrogen-bond acceptors (Lipinski definition) is 7. The molecule has 0 aliphatic carbocycles. The number of hydrogen-bond donors (Lipinski definition) is 1. The van der Waals surface area contributed by atoms with Crippen LogP contribution in [0.2, 0.25) is 0 Å². The second kappa shape index (κ2) is 6.40. The fraction of sp³-hybridized carbons (Fsp3) is 0.562. The topological polar surface area (TPSA) is 127 Å². The lowest BCUT2D eigenvalue weighted by atomic mass is 9.81. The Morgan fingerprint density at radius 2 is 1.60 bits per heavy atom. The Kier molecular flexibility index (Phi) is 4.81. The third-order valence-electron chi connectivity index (χ3n) is 4.35. The van der Waals surface area contributed by atoms with Crippen LogP contribution in [-0.2, 0) is 28.8 Å². The minimum atomic E-state index is -1.40. The second-order valence-corrected chi connectivity index (χ2v) is 6.82. The van der Waals surface area contributed by atoms with Gasteiger partial charge in [-0.05, 0) is 26.7 Å². The smallest absolute Gasteiger partial charge is 0.330 e. The van der Waals surface area contributed by atoms with Gasteiger partial charge in [-0.1, -0.05) is 6.92 Å². The maximum atomic E-state index is 12.5. The quantitative estimate of drug-likeness (QED) is 0.667. The molecule has 9 heteroatoms. The van der Waals surface area contributed by atoms with Crippen LogP contribution in [-0.4, -0.2) is 45.2 Å². The first kappa shape index (κ1) is 18.8. The molecule has 136 valence electrons. The molecule has 2 rings (SSSR count). The first-order valence-electron chi connectivity index (χ1n) is 7.95. The van der Waals surface area contributed by atoms with Crippen molar-refractivity contribution in [2.45, 2.75) is 52.1 Å². The lowest BCUT2D eigenvalue weighted by molar-refractivity contribution is -0.205. The minimum Gasteiger partial charge on any atom is -0.330 e. The fourth-order valence-corrected chi connectivity index (χ4v) is 2.90. The van der Waals surface area contributed by atoms with E-state index in [1.54, 1.807) is 6.92 Å². The van der Waals surface area contributed by atoms with Crippen molar-refractivity contribution in [3.8, 4) is 0 Å². The summed E-state index contributed by atoms with van der Waals surface area (Å²) in [5, 5.41) is 0.460. The lowest BCUT2D eigenvalue weighted by Crippen LogP contribution is -2.60. The fourth-order valence-electron chi connectivity index (χ4n) is 2.90. The summed E-state index contributed by atoms with van der Waals surface area (Å²) in [7, 11) is 0. The SMILES string of the molecule is CCC(N)(CC(C)(C)C(=O)ON1C(=O)CCC1=O)N1C(=O)C=CC1=O. The molecule has 1 saturated heterocycles. The molecule has 0 aromatic carbocycles. The molecule has 0 saturated carbocycles. The Morgan fingerprint density at radius 3 is 2.04 bits per heavy atom. The Bertz CT molecular complexity index is 649. The molecule has 2 N–H and O–H groups in total. The number of nitrogens with zero attached hydrogens (tertiary/aromatic N) is 2. The first-order valence-corrected chi connectivity index (χ1v) is 7.95. The molecule has 2 aliphatic heterocycles. The number of rotatable bonds is 6. The van der Waals surface area contributed by atoms with Crippen LogP contribution in [0.15, 0.2) is 12.2 Å². The zero-order chi connectivity index (χ0) is 19.0. The van der Waals surface area contributed by atoms with Crippen LogP contribution in [0.1, 0.15) is 46.5 Å². The molecule has 0 aromatic heterocycles. The van der Waals surface area contributed by atoms with Crippen molar-refractivity contribution < 1.29 is 28.8 Å². The predicted octanol–water partition coefficient (Wildman–Crippen LogP) is -0.000100. The van der Waals surface area contributed by atoms with Gasteiger partial charge in [-0.15, -0.1) is 5.06 Å². The number of nitrogens with two attached hydrogens (primary N) is 1. The molecule has 0 radical (unpaired) electrons. The molecule has 1 fully saturated rings. The molecule has 2 heterocycles. The van der Waals surface area contributed by atoms with Crippen LogP contribution in [0.3, 0.4) is 0 Å². The van der Waals surface area contributed by atoms with Gasteiger partial charge in [-0.2, -0.15) is 0 Å². The summed E-state index contributed by atoms with van der Waals surface area (Å²) in [6.07, 6.45) is 2.34. The molecule has 1 unspecified atom stereocenters. The van der Waals surface area contributed by atoms with E-state index in [1.807, 2.05) is 0 Å². The Balaban J connectivity index is 2.16. The maximum Gasteiger partial charge on any atom is 0.338 e. The van der Waals surface area contributed by atoms with Crippen LogP contribution >= 0.6 is 0 Å². The van der Waals surface area contributed by atoms with Crippen molar-refractivity contribution in [2.24, 2.45) is 11.1 Å². The van der Waals surface area contributed by atoms with E-state index in [0.717, 1.165) is 17.1 Å². The maximum absolute atomic E-state index is 12.5. The highest BCUT2D eigenvalue weighted by atomic mass is 16.7. The third-order valence-corrected chi connectivity index (χ3v) is 4.35. The highest BCUT2D eigenvalue weighted by Gasteiger charge is 2.47. The summed E-state index contributed by atoms with van der Waals surface area (Å²) in [5.41, 5.74) is 3.60. The zero-order valence-corrected chi connectivity index (χ0v) is 14.4. The van der Waals surface area contributed by atoms with E-state index in [0.29, 0.717) is 5.06 Å². The highest BCUT2D eigenvalue weighted by molar-refractivity contribution is 6.13. The average molecular weight is 351 g/mol. The molecule has 25 heavy (non-hydrogen) atoms. The van der Waals surface area contributed by atoms with Crippen LogP contribution in [0, 0.1) is 5.41 Å². The van der Waals surface area contributed by atoms with Crippen molar-refractivity contribution in [1.82, 2.24) is 9.96 Å². The highest BCUT2D eigenvalue weighted by Crippen LogP contribution is 2.34. The summed E-state index contributed by atoms with van der Waals surface area (Å²) in [6.45, 7) is 4.71.